The molecule has 1 rings (SSSR count). The summed E-state index contributed by atoms with van der Waals surface area (Å²) in [5, 5.41) is 11.0. The number of carbonyl (C=O) groups excluding carboxylic acids is 1. The smallest absolute Gasteiger partial charge is 0.230 e. The van der Waals surface area contributed by atoms with Gasteiger partial charge in [-0.15, -0.1) is 11.8 Å². The van der Waals surface area contributed by atoms with Gasteiger partial charge in [-0.25, -0.2) is 8.78 Å². The highest BCUT2D eigenvalue weighted by Gasteiger charge is 2.11. The fraction of sp³-hybridized carbons (Fsp3) is 0.333. The first kappa shape index (κ1) is 14.5. The number of halogens is 2. The SMILES string of the molecule is C[C@@H](NC(=O)CSCC#N)c1ccc(F)c(F)c1. The van der Waals surface area contributed by atoms with Crippen LogP contribution in [0.15, 0.2) is 18.2 Å². The van der Waals surface area contributed by atoms with E-state index in [-0.39, 0.29) is 17.4 Å². The monoisotopic (exact) mass is 270 g/mol. The first-order valence-corrected chi connectivity index (χ1v) is 6.39. The highest BCUT2D eigenvalue weighted by molar-refractivity contribution is 8.00. The van der Waals surface area contributed by atoms with E-state index >= 15 is 0 Å². The lowest BCUT2D eigenvalue weighted by Crippen LogP contribution is -2.28. The number of thioether (sulfide) groups is 1. The Labute approximate surface area is 108 Å². The molecule has 0 aliphatic rings. The Morgan fingerprint density at radius 2 is 2.22 bits per heavy atom. The Kier molecular flexibility index (Phi) is 5.59. The van der Waals surface area contributed by atoms with Crippen molar-refractivity contribution < 1.29 is 13.6 Å². The van der Waals surface area contributed by atoms with E-state index in [1.807, 2.05) is 6.07 Å². The van der Waals surface area contributed by atoms with Crippen molar-refractivity contribution in [3.05, 3.63) is 35.4 Å². The number of hydrogen-bond donors (Lipinski definition) is 1. The van der Waals surface area contributed by atoms with E-state index < -0.39 is 17.7 Å². The molecule has 18 heavy (non-hydrogen) atoms. The number of benzene rings is 1. The van der Waals surface area contributed by atoms with Crippen molar-refractivity contribution in [2.45, 2.75) is 13.0 Å². The number of carbonyl (C=O) groups is 1. The molecular formula is C12H12F2N2OS. The molecule has 1 atom stereocenters. The number of rotatable bonds is 5. The minimum absolute atomic E-state index is 0.168. The summed E-state index contributed by atoms with van der Waals surface area (Å²) in [6, 6.07) is 5.01. The zero-order valence-electron chi connectivity index (χ0n) is 9.74. The average molecular weight is 270 g/mol. The Morgan fingerprint density at radius 3 is 2.83 bits per heavy atom. The molecule has 0 bridgehead atoms. The maximum absolute atomic E-state index is 13.0. The molecule has 96 valence electrons. The molecule has 0 aliphatic carbocycles. The Bertz CT molecular complexity index is 474. The fourth-order valence-electron chi connectivity index (χ4n) is 1.34. The highest BCUT2D eigenvalue weighted by Crippen LogP contribution is 2.16. The van der Waals surface area contributed by atoms with E-state index in [2.05, 4.69) is 5.32 Å². The molecule has 1 aromatic carbocycles. The summed E-state index contributed by atoms with van der Waals surface area (Å²) in [6.45, 7) is 1.68. The summed E-state index contributed by atoms with van der Waals surface area (Å²) in [5.41, 5.74) is 0.493. The fourth-order valence-corrected chi connectivity index (χ4v) is 1.80. The topological polar surface area (TPSA) is 52.9 Å². The van der Waals surface area contributed by atoms with Crippen LogP contribution in [0, 0.1) is 23.0 Å². The number of amides is 1. The van der Waals surface area contributed by atoms with Crippen molar-refractivity contribution in [3.63, 3.8) is 0 Å². The van der Waals surface area contributed by atoms with Gasteiger partial charge in [0, 0.05) is 0 Å². The number of nitriles is 1. The van der Waals surface area contributed by atoms with Gasteiger partial charge in [-0.05, 0) is 24.6 Å². The molecule has 0 spiro atoms. The second-order valence-corrected chi connectivity index (χ2v) is 4.60. The van der Waals surface area contributed by atoms with Crippen LogP contribution in [-0.4, -0.2) is 17.4 Å². The van der Waals surface area contributed by atoms with Crippen molar-refractivity contribution in [1.82, 2.24) is 5.32 Å². The average Bonchev–Trinajstić information content (AvgIpc) is 2.33. The molecule has 0 saturated carbocycles. The standard InChI is InChI=1S/C12H12F2N2OS/c1-8(16-12(17)7-18-5-4-15)9-2-3-10(13)11(14)6-9/h2-3,6,8H,5,7H2,1H3,(H,16,17)/t8-/m1/s1. The van der Waals surface area contributed by atoms with Gasteiger partial charge < -0.3 is 5.32 Å². The number of nitrogens with zero attached hydrogens (tertiary/aromatic N) is 1. The normalized spacial score (nSPS) is 11.7. The quantitative estimate of drug-likeness (QED) is 0.836. The van der Waals surface area contributed by atoms with Crippen LogP contribution < -0.4 is 5.32 Å². The van der Waals surface area contributed by atoms with Crippen molar-refractivity contribution in [2.75, 3.05) is 11.5 Å². The van der Waals surface area contributed by atoms with Gasteiger partial charge in [-0.3, -0.25) is 4.79 Å². The third-order valence-corrected chi connectivity index (χ3v) is 3.02. The molecule has 0 aromatic heterocycles. The van der Waals surface area contributed by atoms with Gasteiger partial charge in [0.2, 0.25) is 5.91 Å². The molecule has 0 unspecified atom stereocenters. The summed E-state index contributed by atoms with van der Waals surface area (Å²) in [5.74, 6) is -1.68. The predicted molar refractivity (Wildman–Crippen MR) is 65.9 cm³/mol. The van der Waals surface area contributed by atoms with E-state index in [9.17, 15) is 13.6 Å². The lowest BCUT2D eigenvalue weighted by Gasteiger charge is -2.14. The Hall–Kier alpha value is -1.61. The zero-order valence-corrected chi connectivity index (χ0v) is 10.6. The Balaban J connectivity index is 2.54. The maximum Gasteiger partial charge on any atom is 0.230 e. The maximum atomic E-state index is 13.0. The van der Waals surface area contributed by atoms with Crippen LogP contribution in [0.3, 0.4) is 0 Å². The van der Waals surface area contributed by atoms with Gasteiger partial charge in [-0.1, -0.05) is 6.07 Å². The summed E-state index contributed by atoms with van der Waals surface area (Å²) in [4.78, 5) is 11.4. The summed E-state index contributed by atoms with van der Waals surface area (Å²) >= 11 is 1.20. The zero-order chi connectivity index (χ0) is 13.5. The van der Waals surface area contributed by atoms with Crippen molar-refractivity contribution >= 4 is 17.7 Å². The van der Waals surface area contributed by atoms with Crippen molar-refractivity contribution in [3.8, 4) is 6.07 Å². The third kappa shape index (κ3) is 4.34. The lowest BCUT2D eigenvalue weighted by molar-refractivity contribution is -0.119. The molecule has 1 aromatic rings. The Morgan fingerprint density at radius 1 is 1.50 bits per heavy atom. The van der Waals surface area contributed by atoms with Crippen LogP contribution in [0.4, 0.5) is 8.78 Å². The second kappa shape index (κ2) is 6.97. The van der Waals surface area contributed by atoms with Gasteiger partial charge in [0.15, 0.2) is 11.6 Å². The molecule has 1 N–H and O–H groups in total. The number of nitrogens with one attached hydrogen (secondary N) is 1. The summed E-state index contributed by atoms with van der Waals surface area (Å²) in [7, 11) is 0. The first-order valence-electron chi connectivity index (χ1n) is 5.23. The van der Waals surface area contributed by atoms with Gasteiger partial charge in [-0.2, -0.15) is 5.26 Å². The first-order chi connectivity index (χ1) is 8.54. The summed E-state index contributed by atoms with van der Waals surface area (Å²) in [6.07, 6.45) is 0. The molecule has 0 radical (unpaired) electrons. The van der Waals surface area contributed by atoms with Crippen LogP contribution in [0.2, 0.25) is 0 Å². The minimum Gasteiger partial charge on any atom is -0.349 e. The lowest BCUT2D eigenvalue weighted by atomic mass is 10.1. The molecular weight excluding hydrogens is 258 g/mol. The summed E-state index contributed by atoms with van der Waals surface area (Å²) < 4.78 is 25.7. The second-order valence-electron chi connectivity index (χ2n) is 3.61. The van der Waals surface area contributed by atoms with Crippen LogP contribution in [0.5, 0.6) is 0 Å². The molecule has 6 heteroatoms. The van der Waals surface area contributed by atoms with Crippen LogP contribution in [-0.2, 0) is 4.79 Å². The van der Waals surface area contributed by atoms with E-state index in [4.69, 9.17) is 5.26 Å². The largest absolute Gasteiger partial charge is 0.349 e. The molecule has 0 saturated heterocycles. The molecule has 0 aliphatic heterocycles. The molecule has 1 amide bonds. The molecule has 3 nitrogen and oxygen atoms in total. The minimum atomic E-state index is -0.938. The molecule has 0 fully saturated rings. The van der Waals surface area contributed by atoms with Gasteiger partial charge in [0.1, 0.15) is 0 Å². The molecule has 0 heterocycles. The van der Waals surface area contributed by atoms with E-state index in [0.717, 1.165) is 12.1 Å². The van der Waals surface area contributed by atoms with Crippen LogP contribution in [0.25, 0.3) is 0 Å². The van der Waals surface area contributed by atoms with Crippen LogP contribution >= 0.6 is 11.8 Å². The van der Waals surface area contributed by atoms with Crippen molar-refractivity contribution in [2.24, 2.45) is 0 Å². The van der Waals surface area contributed by atoms with E-state index in [1.165, 1.54) is 17.8 Å². The number of hydrogen-bond acceptors (Lipinski definition) is 3. The van der Waals surface area contributed by atoms with Gasteiger partial charge >= 0.3 is 0 Å². The predicted octanol–water partition coefficient (Wildman–Crippen LogP) is 2.40. The third-order valence-electron chi connectivity index (χ3n) is 2.22. The van der Waals surface area contributed by atoms with Crippen molar-refractivity contribution in [1.29, 1.82) is 5.26 Å². The van der Waals surface area contributed by atoms with E-state index in [0.29, 0.717) is 5.56 Å². The van der Waals surface area contributed by atoms with E-state index in [1.54, 1.807) is 6.92 Å². The van der Waals surface area contributed by atoms with Gasteiger partial charge in [0.25, 0.3) is 0 Å². The van der Waals surface area contributed by atoms with Gasteiger partial charge in [0.05, 0.1) is 23.6 Å². The highest BCUT2D eigenvalue weighted by atomic mass is 32.2. The van der Waals surface area contributed by atoms with Crippen LogP contribution in [0.1, 0.15) is 18.5 Å².